The molecule has 0 aliphatic heterocycles. The third-order valence-electron chi connectivity index (χ3n) is 2.41. The van der Waals surface area contributed by atoms with Crippen LogP contribution >= 0.6 is 11.6 Å². The van der Waals surface area contributed by atoms with Gasteiger partial charge in [0.25, 0.3) is 0 Å². The van der Waals surface area contributed by atoms with Crippen LogP contribution in [0.4, 0.5) is 0 Å². The van der Waals surface area contributed by atoms with Crippen molar-refractivity contribution in [2.24, 2.45) is 5.14 Å². The molecule has 1 aromatic rings. The van der Waals surface area contributed by atoms with Crippen LogP contribution in [0.3, 0.4) is 0 Å². The number of hydrogen-bond acceptors (Lipinski definition) is 2. The van der Waals surface area contributed by atoms with E-state index in [1.165, 1.54) is 6.07 Å². The third kappa shape index (κ3) is 3.01. The molecule has 0 aliphatic rings. The lowest BCUT2D eigenvalue weighted by Crippen LogP contribution is -2.20. The lowest BCUT2D eigenvalue weighted by Gasteiger charge is -2.22. The second-order valence-electron chi connectivity index (χ2n) is 3.60. The molecule has 0 bridgehead atoms. The predicted molar refractivity (Wildman–Crippen MR) is 61.9 cm³/mol. The monoisotopic (exact) mass is 247 g/mol. The molecule has 1 aromatic carbocycles. The molecule has 5 heteroatoms. The first kappa shape index (κ1) is 12.6. The Bertz CT molecular complexity index is 393. The molecule has 0 saturated carbocycles. The van der Waals surface area contributed by atoms with Gasteiger partial charge in [0.05, 0.1) is 10.5 Å². The molecular weight excluding hydrogens is 234 g/mol. The summed E-state index contributed by atoms with van der Waals surface area (Å²) in [5, 5.41) is 15.7. The van der Waals surface area contributed by atoms with E-state index >= 15 is 0 Å². The van der Waals surface area contributed by atoms with Crippen molar-refractivity contribution in [3.63, 3.8) is 0 Å². The van der Waals surface area contributed by atoms with Crippen LogP contribution in [0.2, 0.25) is 5.02 Å². The van der Waals surface area contributed by atoms with E-state index in [-0.39, 0.29) is 0 Å². The highest BCUT2D eigenvalue weighted by Gasteiger charge is 2.21. The van der Waals surface area contributed by atoms with Crippen LogP contribution in [0.15, 0.2) is 23.1 Å². The number of benzene rings is 1. The first-order valence-electron chi connectivity index (χ1n) is 4.56. The lowest BCUT2D eigenvalue weighted by molar-refractivity contribution is 0.0529. The minimum Gasteiger partial charge on any atom is -0.385 e. The molecule has 2 unspecified atom stereocenters. The van der Waals surface area contributed by atoms with Gasteiger partial charge < -0.3 is 5.11 Å². The van der Waals surface area contributed by atoms with E-state index in [2.05, 4.69) is 0 Å². The number of nitrogens with two attached hydrogens (primary N) is 1. The van der Waals surface area contributed by atoms with Gasteiger partial charge in [-0.25, -0.2) is 9.35 Å². The predicted octanol–water partition coefficient (Wildman–Crippen LogP) is 1.94. The molecule has 1 rings (SSSR count). The molecule has 0 saturated heterocycles. The Morgan fingerprint density at radius 2 is 2.13 bits per heavy atom. The minimum atomic E-state index is -1.58. The van der Waals surface area contributed by atoms with E-state index in [9.17, 15) is 9.32 Å². The Labute approximate surface area is 96.8 Å². The molecule has 0 spiro atoms. The zero-order valence-electron chi connectivity index (χ0n) is 8.66. The van der Waals surface area contributed by atoms with Crippen molar-refractivity contribution in [2.75, 3.05) is 0 Å². The van der Waals surface area contributed by atoms with Gasteiger partial charge in [0, 0.05) is 5.02 Å². The van der Waals surface area contributed by atoms with Crippen LogP contribution in [-0.2, 0) is 16.6 Å². The Morgan fingerprint density at radius 3 is 2.60 bits per heavy atom. The molecule has 15 heavy (non-hydrogen) atoms. The zero-order chi connectivity index (χ0) is 11.6. The second-order valence-corrected chi connectivity index (χ2v) is 5.10. The summed E-state index contributed by atoms with van der Waals surface area (Å²) >= 11 is 5.86. The highest BCUT2D eigenvalue weighted by atomic mass is 35.5. The maximum absolute atomic E-state index is 11.1. The van der Waals surface area contributed by atoms with E-state index in [4.69, 9.17) is 16.7 Å². The fraction of sp³-hybridized carbons (Fsp3) is 0.400. The molecular formula is C10H14ClNO2S. The molecule has 3 N–H and O–H groups in total. The Kier molecular flexibility index (Phi) is 3.89. The Hall–Kier alpha value is -0.420. The Balaban J connectivity index is 3.26. The van der Waals surface area contributed by atoms with Crippen molar-refractivity contribution >= 4 is 22.6 Å². The van der Waals surface area contributed by atoms with E-state index in [0.717, 1.165) is 0 Å². The number of rotatable bonds is 3. The van der Waals surface area contributed by atoms with Gasteiger partial charge in [-0.2, -0.15) is 0 Å². The summed E-state index contributed by atoms with van der Waals surface area (Å²) < 4.78 is 11.1. The molecule has 2 atom stereocenters. The van der Waals surface area contributed by atoms with Crippen molar-refractivity contribution in [1.82, 2.24) is 0 Å². The number of hydrogen-bond donors (Lipinski definition) is 2. The van der Waals surface area contributed by atoms with Crippen LogP contribution in [0.25, 0.3) is 0 Å². The summed E-state index contributed by atoms with van der Waals surface area (Å²) in [5.74, 6) is 0. The molecule has 0 radical (unpaired) electrons. The van der Waals surface area contributed by atoms with Gasteiger partial charge in [-0.15, -0.1) is 0 Å². The number of aliphatic hydroxyl groups is 1. The number of halogens is 1. The van der Waals surface area contributed by atoms with E-state index < -0.39 is 16.6 Å². The average Bonchev–Trinajstić information content (AvgIpc) is 2.16. The topological polar surface area (TPSA) is 63.3 Å². The van der Waals surface area contributed by atoms with E-state index in [0.29, 0.717) is 21.9 Å². The van der Waals surface area contributed by atoms with Crippen molar-refractivity contribution in [3.05, 3.63) is 28.8 Å². The van der Waals surface area contributed by atoms with Gasteiger partial charge in [-0.3, -0.25) is 0 Å². The summed E-state index contributed by atoms with van der Waals surface area (Å²) in [6, 6.07) is 4.81. The van der Waals surface area contributed by atoms with Gasteiger partial charge in [0.1, 0.15) is 11.0 Å². The highest BCUT2D eigenvalue weighted by molar-refractivity contribution is 7.82. The summed E-state index contributed by atoms with van der Waals surface area (Å²) in [6.07, 6.45) is 0.546. The van der Waals surface area contributed by atoms with Crippen LogP contribution in [0.5, 0.6) is 0 Å². The van der Waals surface area contributed by atoms with Gasteiger partial charge in [0.15, 0.2) is 0 Å². The molecule has 0 fully saturated rings. The largest absolute Gasteiger partial charge is 0.385 e. The minimum absolute atomic E-state index is 0.422. The maximum Gasteiger partial charge on any atom is 0.122 e. The molecule has 3 nitrogen and oxygen atoms in total. The molecule has 0 aromatic heterocycles. The first-order chi connectivity index (χ1) is 6.86. The van der Waals surface area contributed by atoms with Crippen LogP contribution < -0.4 is 5.14 Å². The van der Waals surface area contributed by atoms with Crippen LogP contribution in [0.1, 0.15) is 25.8 Å². The molecule has 0 amide bonds. The molecule has 0 heterocycles. The highest BCUT2D eigenvalue weighted by Crippen LogP contribution is 2.28. The fourth-order valence-corrected chi connectivity index (χ4v) is 1.98. The SMILES string of the molecule is CCC(C)(O)c1cc(Cl)cc(S(N)=O)c1. The van der Waals surface area contributed by atoms with Crippen molar-refractivity contribution in [3.8, 4) is 0 Å². The van der Waals surface area contributed by atoms with E-state index in [1.54, 1.807) is 19.1 Å². The van der Waals surface area contributed by atoms with Crippen LogP contribution in [0, 0.1) is 0 Å². The fourth-order valence-electron chi connectivity index (χ4n) is 1.19. The quantitative estimate of drug-likeness (QED) is 0.858. The van der Waals surface area contributed by atoms with Gasteiger partial charge in [-0.1, -0.05) is 18.5 Å². The Morgan fingerprint density at radius 1 is 1.53 bits per heavy atom. The van der Waals surface area contributed by atoms with Gasteiger partial charge in [0.2, 0.25) is 0 Å². The van der Waals surface area contributed by atoms with Gasteiger partial charge in [-0.05, 0) is 37.1 Å². The third-order valence-corrected chi connectivity index (χ3v) is 3.33. The standard InChI is InChI=1S/C10H14ClNO2S/c1-3-10(2,13)7-4-8(11)6-9(5-7)15(12)14/h4-6,13H,3,12H2,1-2H3. The smallest absolute Gasteiger partial charge is 0.122 e. The summed E-state index contributed by atoms with van der Waals surface area (Å²) in [6.45, 7) is 3.54. The van der Waals surface area contributed by atoms with Crippen molar-refractivity contribution < 1.29 is 9.32 Å². The van der Waals surface area contributed by atoms with Gasteiger partial charge >= 0.3 is 0 Å². The maximum atomic E-state index is 11.1. The summed E-state index contributed by atoms with van der Waals surface area (Å²) in [4.78, 5) is 0.422. The first-order valence-corrected chi connectivity index (χ1v) is 6.15. The summed E-state index contributed by atoms with van der Waals surface area (Å²) in [5.41, 5.74) is -0.342. The second kappa shape index (κ2) is 4.61. The molecule has 84 valence electrons. The van der Waals surface area contributed by atoms with Crippen molar-refractivity contribution in [2.45, 2.75) is 30.8 Å². The zero-order valence-corrected chi connectivity index (χ0v) is 10.2. The van der Waals surface area contributed by atoms with E-state index in [1.807, 2.05) is 6.92 Å². The lowest BCUT2D eigenvalue weighted by atomic mass is 9.93. The molecule has 0 aliphatic carbocycles. The average molecular weight is 248 g/mol. The summed E-state index contributed by atoms with van der Waals surface area (Å²) in [7, 11) is -1.58. The van der Waals surface area contributed by atoms with Crippen molar-refractivity contribution in [1.29, 1.82) is 0 Å². The normalized spacial score (nSPS) is 17.1. The van der Waals surface area contributed by atoms with Crippen LogP contribution in [-0.4, -0.2) is 9.32 Å².